The molecular formula is C36H35N3O3. The van der Waals surface area contributed by atoms with Crippen molar-refractivity contribution in [3.8, 4) is 17.0 Å². The van der Waals surface area contributed by atoms with Crippen LogP contribution in [0, 0.1) is 12.8 Å². The molecule has 0 spiro atoms. The second kappa shape index (κ2) is 11.2. The Labute approximate surface area is 246 Å². The first kappa shape index (κ1) is 27.3. The number of H-pyrrole nitrogens is 1. The molecule has 0 bridgehead atoms. The molecule has 6 nitrogen and oxygen atoms in total. The molecule has 1 aliphatic heterocycles. The van der Waals surface area contributed by atoms with Crippen molar-refractivity contribution < 1.29 is 14.3 Å². The van der Waals surface area contributed by atoms with Crippen molar-refractivity contribution in [2.75, 3.05) is 12.4 Å². The summed E-state index contributed by atoms with van der Waals surface area (Å²) in [6.07, 6.45) is 0.728. The molecule has 3 atom stereocenters. The number of anilines is 1. The van der Waals surface area contributed by atoms with Crippen LogP contribution in [-0.2, 0) is 4.79 Å². The number of nitrogens with zero attached hydrogens (tertiary/aromatic N) is 1. The number of aryl methyl sites for hydroxylation is 1. The van der Waals surface area contributed by atoms with E-state index in [1.807, 2.05) is 72.5 Å². The van der Waals surface area contributed by atoms with Gasteiger partial charge in [0.15, 0.2) is 0 Å². The Morgan fingerprint density at radius 1 is 0.952 bits per heavy atom. The number of nitrogens with one attached hydrogen (secondary N) is 2. The van der Waals surface area contributed by atoms with E-state index in [1.165, 1.54) is 5.56 Å². The van der Waals surface area contributed by atoms with Gasteiger partial charge in [0.25, 0.3) is 5.91 Å². The van der Waals surface area contributed by atoms with Gasteiger partial charge in [0.05, 0.1) is 18.8 Å². The van der Waals surface area contributed by atoms with Crippen LogP contribution in [0.15, 0.2) is 97.1 Å². The third-order valence-corrected chi connectivity index (χ3v) is 8.47. The molecule has 2 N–H and O–H groups in total. The molecule has 0 saturated heterocycles. The van der Waals surface area contributed by atoms with Crippen LogP contribution in [0.4, 0.5) is 5.69 Å². The van der Waals surface area contributed by atoms with Gasteiger partial charge in [-0.25, -0.2) is 0 Å². The Morgan fingerprint density at radius 3 is 2.36 bits per heavy atom. The second-order valence-corrected chi connectivity index (χ2v) is 11.1. The van der Waals surface area contributed by atoms with Crippen LogP contribution in [0.3, 0.4) is 0 Å². The SMILES string of the molecule is CCC(C)C(C(=O)Nc1ccc(OC)cc1)N1C(=O)c2ccccc2C1c1c(-c2ccc(C)cc2)[nH]c2ccccc12. The second-order valence-electron chi connectivity index (χ2n) is 11.1. The number of hydrogen-bond acceptors (Lipinski definition) is 3. The summed E-state index contributed by atoms with van der Waals surface area (Å²) in [5.41, 5.74) is 7.34. The fourth-order valence-electron chi connectivity index (χ4n) is 6.09. The molecule has 1 aliphatic rings. The van der Waals surface area contributed by atoms with Crippen LogP contribution < -0.4 is 10.1 Å². The van der Waals surface area contributed by atoms with Crippen molar-refractivity contribution in [1.82, 2.24) is 9.88 Å². The molecule has 0 fully saturated rings. The number of ether oxygens (including phenoxy) is 1. The highest BCUT2D eigenvalue weighted by Gasteiger charge is 2.47. The summed E-state index contributed by atoms with van der Waals surface area (Å²) in [6.45, 7) is 6.17. The van der Waals surface area contributed by atoms with Gasteiger partial charge in [-0.15, -0.1) is 0 Å². The monoisotopic (exact) mass is 557 g/mol. The Kier molecular flexibility index (Phi) is 7.29. The van der Waals surface area contributed by atoms with Gasteiger partial charge in [-0.05, 0) is 60.4 Å². The van der Waals surface area contributed by atoms with Crippen molar-refractivity contribution >= 4 is 28.4 Å². The molecule has 0 saturated carbocycles. The highest BCUT2D eigenvalue weighted by molar-refractivity contribution is 6.06. The number of fused-ring (bicyclic) bond motifs is 2. The van der Waals surface area contributed by atoms with Crippen LogP contribution in [-0.4, -0.2) is 34.8 Å². The van der Waals surface area contributed by atoms with Crippen molar-refractivity contribution in [1.29, 1.82) is 0 Å². The maximum absolute atomic E-state index is 14.4. The summed E-state index contributed by atoms with van der Waals surface area (Å²) in [6, 6.07) is 30.5. The van der Waals surface area contributed by atoms with Crippen LogP contribution in [0.1, 0.15) is 53.4 Å². The molecule has 5 aromatic rings. The van der Waals surface area contributed by atoms with Crippen LogP contribution >= 0.6 is 0 Å². The van der Waals surface area contributed by atoms with Gasteiger partial charge >= 0.3 is 0 Å². The van der Waals surface area contributed by atoms with Gasteiger partial charge in [0.2, 0.25) is 5.91 Å². The average Bonchev–Trinajstić information content (AvgIpc) is 3.53. The number of aromatic nitrogens is 1. The number of para-hydroxylation sites is 1. The highest BCUT2D eigenvalue weighted by atomic mass is 16.5. The van der Waals surface area contributed by atoms with Gasteiger partial charge in [-0.2, -0.15) is 0 Å². The lowest BCUT2D eigenvalue weighted by Crippen LogP contribution is -2.50. The van der Waals surface area contributed by atoms with Crippen LogP contribution in [0.25, 0.3) is 22.2 Å². The molecule has 0 radical (unpaired) electrons. The molecule has 3 unspecified atom stereocenters. The number of carbonyl (C=O) groups excluding carboxylic acids is 2. The van der Waals surface area contributed by atoms with E-state index >= 15 is 0 Å². The lowest BCUT2D eigenvalue weighted by molar-refractivity contribution is -0.122. The molecule has 6 heteroatoms. The summed E-state index contributed by atoms with van der Waals surface area (Å²) in [7, 11) is 1.61. The van der Waals surface area contributed by atoms with Gasteiger partial charge in [0.1, 0.15) is 11.8 Å². The summed E-state index contributed by atoms with van der Waals surface area (Å²) in [5, 5.41) is 4.13. The predicted molar refractivity (Wildman–Crippen MR) is 168 cm³/mol. The maximum Gasteiger partial charge on any atom is 0.255 e. The normalized spacial score (nSPS) is 15.9. The Hall–Kier alpha value is -4.84. The summed E-state index contributed by atoms with van der Waals surface area (Å²) in [5.74, 6) is 0.264. The molecular weight excluding hydrogens is 522 g/mol. The van der Waals surface area contributed by atoms with Crippen LogP contribution in [0.5, 0.6) is 5.75 Å². The molecule has 0 aliphatic carbocycles. The van der Waals surface area contributed by atoms with Gasteiger partial charge in [0, 0.05) is 27.7 Å². The van der Waals surface area contributed by atoms with Crippen molar-refractivity contribution in [2.24, 2.45) is 5.92 Å². The topological polar surface area (TPSA) is 74.4 Å². The highest BCUT2D eigenvalue weighted by Crippen LogP contribution is 2.47. The summed E-state index contributed by atoms with van der Waals surface area (Å²) >= 11 is 0. The third kappa shape index (κ3) is 4.73. The number of amides is 2. The number of methoxy groups -OCH3 is 1. The zero-order valence-corrected chi connectivity index (χ0v) is 24.3. The molecule has 42 heavy (non-hydrogen) atoms. The molecule has 4 aromatic carbocycles. The minimum Gasteiger partial charge on any atom is -0.497 e. The first-order valence-electron chi connectivity index (χ1n) is 14.5. The van der Waals surface area contributed by atoms with E-state index in [-0.39, 0.29) is 17.7 Å². The fraction of sp³-hybridized carbons (Fsp3) is 0.222. The molecule has 2 amide bonds. The third-order valence-electron chi connectivity index (χ3n) is 8.47. The van der Waals surface area contributed by atoms with Crippen molar-refractivity contribution in [3.05, 3.63) is 119 Å². The average molecular weight is 558 g/mol. The molecule has 6 rings (SSSR count). The van der Waals surface area contributed by atoms with E-state index in [2.05, 4.69) is 60.5 Å². The smallest absolute Gasteiger partial charge is 0.255 e. The van der Waals surface area contributed by atoms with Crippen molar-refractivity contribution in [2.45, 2.75) is 39.3 Å². The minimum atomic E-state index is -0.707. The number of hydrogen-bond donors (Lipinski definition) is 2. The van der Waals surface area contributed by atoms with E-state index in [0.717, 1.165) is 39.7 Å². The Balaban J connectivity index is 1.53. The zero-order valence-electron chi connectivity index (χ0n) is 24.3. The Bertz CT molecular complexity index is 1750. The van der Waals surface area contributed by atoms with E-state index < -0.39 is 12.1 Å². The van der Waals surface area contributed by atoms with Crippen LogP contribution in [0.2, 0.25) is 0 Å². The fourth-order valence-corrected chi connectivity index (χ4v) is 6.09. The van der Waals surface area contributed by atoms with Gasteiger partial charge < -0.3 is 19.9 Å². The summed E-state index contributed by atoms with van der Waals surface area (Å²) in [4.78, 5) is 34.0. The maximum atomic E-state index is 14.4. The van der Waals surface area contributed by atoms with E-state index in [4.69, 9.17) is 4.74 Å². The van der Waals surface area contributed by atoms with E-state index in [0.29, 0.717) is 17.0 Å². The number of rotatable bonds is 8. The molecule has 2 heterocycles. The van der Waals surface area contributed by atoms with E-state index in [9.17, 15) is 9.59 Å². The Morgan fingerprint density at radius 2 is 1.64 bits per heavy atom. The minimum absolute atomic E-state index is 0.1000. The lowest BCUT2D eigenvalue weighted by Gasteiger charge is -2.36. The molecule has 1 aromatic heterocycles. The van der Waals surface area contributed by atoms with Gasteiger partial charge in [-0.3, -0.25) is 9.59 Å². The number of aromatic amines is 1. The largest absolute Gasteiger partial charge is 0.497 e. The number of carbonyl (C=O) groups is 2. The first-order chi connectivity index (χ1) is 20.4. The lowest BCUT2D eigenvalue weighted by atomic mass is 9.90. The quantitative estimate of drug-likeness (QED) is 0.205. The van der Waals surface area contributed by atoms with Gasteiger partial charge in [-0.1, -0.05) is 86.5 Å². The predicted octanol–water partition coefficient (Wildman–Crippen LogP) is 7.75. The van der Waals surface area contributed by atoms with E-state index in [1.54, 1.807) is 7.11 Å². The zero-order chi connectivity index (χ0) is 29.4. The van der Waals surface area contributed by atoms with Crippen molar-refractivity contribution in [3.63, 3.8) is 0 Å². The molecule has 212 valence electrons. The first-order valence-corrected chi connectivity index (χ1v) is 14.5. The standard InChI is InChI=1S/C36H35N3O3/c1-5-23(3)33(35(40)37-25-18-20-26(42-4)21-19-25)39-34(27-10-6-7-11-28(27)36(39)41)31-29-12-8-9-13-30(29)38-32(31)24-16-14-22(2)15-17-24/h6-21,23,33-34,38H,5H2,1-4H3,(H,37,40). The summed E-state index contributed by atoms with van der Waals surface area (Å²) < 4.78 is 5.28. The number of benzene rings is 4.